The molecule has 0 unspecified atom stereocenters. The topological polar surface area (TPSA) is 46.7 Å². The van der Waals surface area contributed by atoms with Gasteiger partial charge in [-0.1, -0.05) is 257 Å². The van der Waals surface area contributed by atoms with Crippen LogP contribution in [0.3, 0.4) is 0 Å². The number of ether oxygens (including phenoxy) is 1. The Balaban J connectivity index is 1.08. The van der Waals surface area contributed by atoms with Crippen LogP contribution in [0.5, 0.6) is 11.5 Å². The average molecular weight is 1300 g/mol. The Morgan fingerprint density at radius 2 is 0.949 bits per heavy atom. The molecule has 0 amide bonds. The molecule has 0 spiro atoms. The first-order valence-electron chi connectivity index (χ1n) is 37.7. The van der Waals surface area contributed by atoms with Crippen LogP contribution in [0, 0.1) is 0 Å². The molecule has 4 heterocycles. The number of rotatable bonds is 8. The molecule has 0 saturated carbocycles. The summed E-state index contributed by atoms with van der Waals surface area (Å²) in [6, 6.07) is 51.4. The number of furan rings is 1. The predicted octanol–water partition coefficient (Wildman–Crippen LogP) is 26.5. The first kappa shape index (κ1) is 61.5. The first-order chi connectivity index (χ1) is 47.7. The second-order valence-electron chi connectivity index (χ2n) is 36.0. The fraction of sp³-hybridized carbons (Fsp3) is 0.359. The van der Waals surface area contributed by atoms with Gasteiger partial charge >= 0.3 is 0 Å². The Kier molecular flexibility index (Phi) is 14.7. The third-order valence-electron chi connectivity index (χ3n) is 20.1. The fourth-order valence-corrected chi connectivity index (χ4v) is 14.6. The molecule has 3 aromatic heterocycles. The largest absolute Gasteiger partial charge is 0.457 e. The highest BCUT2D eigenvalue weighted by Gasteiger charge is 2.36. The summed E-state index contributed by atoms with van der Waals surface area (Å²) in [4.78, 5) is 9.84. The summed E-state index contributed by atoms with van der Waals surface area (Å²) in [6.07, 6.45) is 1.93. The second kappa shape index (κ2) is 23.4. The Morgan fingerprint density at radius 3 is 1.53 bits per heavy atom. The molecule has 1 aliphatic rings. The van der Waals surface area contributed by atoms with E-state index in [9.17, 15) is 5.48 Å². The van der Waals surface area contributed by atoms with Crippen molar-refractivity contribution < 1.29 is 16.0 Å². The molecule has 0 bridgehead atoms. The van der Waals surface area contributed by atoms with Gasteiger partial charge in [-0.15, -0.1) is 0 Å². The zero-order chi connectivity index (χ0) is 74.9. The molecule has 6 heteroatoms. The summed E-state index contributed by atoms with van der Waals surface area (Å²) < 4.78 is 64.0. The van der Waals surface area contributed by atoms with E-state index in [1.54, 1.807) is 0 Å². The van der Waals surface area contributed by atoms with Crippen molar-refractivity contribution in [1.82, 2.24) is 9.55 Å². The van der Waals surface area contributed by atoms with Gasteiger partial charge in [0.05, 0.1) is 40.3 Å². The van der Waals surface area contributed by atoms with Gasteiger partial charge in [0.15, 0.2) is 0 Å². The van der Waals surface area contributed by atoms with Crippen LogP contribution in [0.2, 0.25) is 0 Å². The lowest BCUT2D eigenvalue weighted by atomic mass is 9.74. The number of para-hydroxylation sites is 2. The van der Waals surface area contributed by atoms with Crippen LogP contribution in [0.1, 0.15) is 218 Å². The van der Waals surface area contributed by atoms with Crippen LogP contribution < -0.4 is 14.5 Å². The summed E-state index contributed by atoms with van der Waals surface area (Å²) in [7, 11) is 0. The molecule has 0 N–H and O–H groups in total. The van der Waals surface area contributed by atoms with Gasteiger partial charge < -0.3 is 19.0 Å². The zero-order valence-corrected chi connectivity index (χ0v) is 62.7. The summed E-state index contributed by atoms with van der Waals surface area (Å²) >= 11 is 0. The van der Waals surface area contributed by atoms with Gasteiger partial charge in [-0.2, -0.15) is 0 Å². The van der Waals surface area contributed by atoms with E-state index < -0.39 is 11.5 Å². The first-order valence-corrected chi connectivity index (χ1v) is 35.2. The van der Waals surface area contributed by atoms with Crippen molar-refractivity contribution in [1.29, 1.82) is 0 Å². The molecule has 12 aromatic rings. The second-order valence-corrected chi connectivity index (χ2v) is 36.0. The van der Waals surface area contributed by atoms with E-state index >= 15 is 0 Å². The Bertz CT molecular complexity index is 5340. The maximum absolute atomic E-state index is 9.78. The van der Waals surface area contributed by atoms with Crippen LogP contribution >= 0.6 is 0 Å². The third kappa shape index (κ3) is 12.3. The summed E-state index contributed by atoms with van der Waals surface area (Å²) in [6.45, 7) is 54.4. The van der Waals surface area contributed by atoms with Crippen molar-refractivity contribution in [3.05, 3.63) is 227 Å². The Labute approximate surface area is 592 Å². The minimum absolute atomic E-state index is 0.151. The van der Waals surface area contributed by atoms with Crippen molar-refractivity contribution in [2.45, 2.75) is 209 Å². The SMILES string of the molecule is [2H]c1c([2H])c([2H])c(-c2cc(C(C)(C)C)cc(-c3cc(C(C)(C)C)cc(C(C)(C)C)c3)c2N2CN(c3cc(Oc4ccc5c6c7oc8c(C(C)(C)C)ccc(C(C)(C)C)c8c7ccc6n(-c6cc(C(C)(C)C)ccn6)c5c4)cc(-c4c(C(C)(C)C)cccc4C(C)(C)C)c3)c3ccccc32)c([2H])c1[2H]. The van der Waals surface area contributed by atoms with Gasteiger partial charge in [0.2, 0.25) is 0 Å². The standard InChI is InChI=1S/C92H104N4O2/c1-85(2,3)59-43-44-93-78(52-59)96-76-42-39-67-80-72(91(19,20)21)40-41-73(92(22,23)24)84(80)98-83(67)81(76)66-38-37-64(54-77(66)96)97-65-48-58(79-70(89(13,14)15)33-30-34-71(79)90(16,17)18)47-63(53-65)94-55-95(75-36-29-28-35-74(75)94)82-68(56-31-26-25-27-32-56)50-62(88(10,11)12)51-69(82)57-45-60(86(4,5)6)49-61(46-57)87(7,8)9/h25-54H,55H2,1-24H3/i25D,26D,27D,31D,32D. The van der Waals surface area contributed by atoms with Gasteiger partial charge in [-0.05, 0) is 177 Å². The van der Waals surface area contributed by atoms with Gasteiger partial charge in [-0.25, -0.2) is 4.98 Å². The molecule has 0 atom stereocenters. The van der Waals surface area contributed by atoms with Gasteiger partial charge in [0.1, 0.15) is 35.2 Å². The Morgan fingerprint density at radius 1 is 0.398 bits per heavy atom. The molecule has 98 heavy (non-hydrogen) atoms. The van der Waals surface area contributed by atoms with Crippen molar-refractivity contribution in [2.75, 3.05) is 16.5 Å². The zero-order valence-electron chi connectivity index (χ0n) is 67.7. The molecular formula is C92H104N4O2. The number of benzene rings is 9. The summed E-state index contributed by atoms with van der Waals surface area (Å²) in [5, 5.41) is 4.26. The number of hydrogen-bond donors (Lipinski definition) is 0. The lowest BCUT2D eigenvalue weighted by Gasteiger charge is -2.32. The molecule has 6 nitrogen and oxygen atoms in total. The molecule has 0 fully saturated rings. The summed E-state index contributed by atoms with van der Waals surface area (Å²) in [5.41, 5.74) is 19.2. The monoisotopic (exact) mass is 1300 g/mol. The van der Waals surface area contributed by atoms with Gasteiger partial charge in [-0.3, -0.25) is 4.57 Å². The van der Waals surface area contributed by atoms with E-state index in [4.69, 9.17) is 15.5 Å². The van der Waals surface area contributed by atoms with E-state index in [1.807, 2.05) is 6.20 Å². The molecule has 504 valence electrons. The number of nitrogens with zero attached hydrogens (tertiary/aromatic N) is 4. The van der Waals surface area contributed by atoms with E-state index in [0.29, 0.717) is 17.1 Å². The van der Waals surface area contributed by atoms with E-state index in [-0.39, 0.29) is 74.3 Å². The van der Waals surface area contributed by atoms with Crippen LogP contribution in [-0.2, 0) is 43.3 Å². The lowest BCUT2D eigenvalue weighted by molar-refractivity contribution is 0.483. The number of aromatic nitrogens is 2. The lowest BCUT2D eigenvalue weighted by Crippen LogP contribution is -2.25. The van der Waals surface area contributed by atoms with Crippen molar-refractivity contribution in [3.8, 4) is 50.7 Å². The number of fused-ring (bicyclic) bond motifs is 8. The molecule has 1 aliphatic heterocycles. The molecule has 0 saturated heterocycles. The van der Waals surface area contributed by atoms with Crippen LogP contribution in [0.4, 0.5) is 22.7 Å². The maximum atomic E-state index is 9.78. The van der Waals surface area contributed by atoms with E-state index in [2.05, 4.69) is 326 Å². The molecule has 13 rings (SSSR count). The summed E-state index contributed by atoms with van der Waals surface area (Å²) in [5.74, 6) is 2.07. The molecular weight excluding hydrogens is 1190 g/mol. The van der Waals surface area contributed by atoms with Gasteiger partial charge in [0, 0.05) is 56.9 Å². The van der Waals surface area contributed by atoms with Crippen LogP contribution in [0.25, 0.3) is 82.9 Å². The fourth-order valence-electron chi connectivity index (χ4n) is 14.6. The normalized spacial score (nSPS) is 14.6. The van der Waals surface area contributed by atoms with Crippen LogP contribution in [0.15, 0.2) is 186 Å². The van der Waals surface area contributed by atoms with Crippen molar-refractivity contribution in [2.24, 2.45) is 0 Å². The van der Waals surface area contributed by atoms with Crippen molar-refractivity contribution in [3.63, 3.8) is 0 Å². The van der Waals surface area contributed by atoms with E-state index in [1.165, 1.54) is 38.9 Å². The highest BCUT2D eigenvalue weighted by Crippen LogP contribution is 2.55. The number of anilines is 4. The van der Waals surface area contributed by atoms with Crippen molar-refractivity contribution >= 4 is 66.5 Å². The Hall–Kier alpha value is -8.87. The quantitative estimate of drug-likeness (QED) is 0.152. The number of pyridine rings is 1. The molecule has 0 aliphatic carbocycles. The maximum Gasteiger partial charge on any atom is 0.145 e. The molecule has 0 radical (unpaired) electrons. The minimum Gasteiger partial charge on any atom is -0.457 e. The number of hydrogen-bond acceptors (Lipinski definition) is 5. The third-order valence-corrected chi connectivity index (χ3v) is 20.1. The van der Waals surface area contributed by atoms with E-state index in [0.717, 1.165) is 100 Å². The highest BCUT2D eigenvalue weighted by molar-refractivity contribution is 6.25. The predicted molar refractivity (Wildman–Crippen MR) is 420 cm³/mol. The minimum atomic E-state index is -0.433. The average Bonchev–Trinajstić information content (AvgIpc) is 1.57. The smallest absolute Gasteiger partial charge is 0.145 e. The highest BCUT2D eigenvalue weighted by atomic mass is 16.5. The van der Waals surface area contributed by atoms with Crippen LogP contribution in [-0.4, -0.2) is 16.2 Å². The molecule has 9 aromatic carbocycles. The van der Waals surface area contributed by atoms with Gasteiger partial charge in [0.25, 0.3) is 0 Å².